The van der Waals surface area contributed by atoms with E-state index in [2.05, 4.69) is 0 Å². The third-order valence-corrected chi connectivity index (χ3v) is 15.1. The quantitative estimate of drug-likeness (QED) is 0.0123. The number of phosphoric acid groups is 1. The Morgan fingerprint density at radius 1 is 0.512 bits per heavy atom. The van der Waals surface area contributed by atoms with Crippen LogP contribution < -0.4 is 18.9 Å². The summed E-state index contributed by atoms with van der Waals surface area (Å²) in [4.78, 5) is 82.9. The average molecular weight is 1180 g/mol. The first kappa shape index (κ1) is 68.9. The van der Waals surface area contributed by atoms with E-state index >= 15 is 0 Å². The molecule has 2 aromatic rings. The molecule has 2 aromatic carbocycles. The van der Waals surface area contributed by atoms with E-state index in [0.717, 1.165) is 128 Å². The van der Waals surface area contributed by atoms with Crippen LogP contribution in [0.3, 0.4) is 0 Å². The van der Waals surface area contributed by atoms with Gasteiger partial charge < -0.3 is 47.3 Å². The van der Waals surface area contributed by atoms with E-state index < -0.39 is 66.5 Å². The van der Waals surface area contributed by atoms with Crippen LogP contribution in [-0.2, 0) is 51.7 Å². The second-order valence-electron chi connectivity index (χ2n) is 22.2. The molecule has 4 rings (SSSR count). The molecule has 2 aliphatic heterocycles. The molecule has 0 saturated carbocycles. The van der Waals surface area contributed by atoms with Crippen molar-refractivity contribution in [1.29, 1.82) is 0 Å². The monoisotopic (exact) mass is 1180 g/mol. The number of nitro benzene ring substituents is 2. The van der Waals surface area contributed by atoms with Gasteiger partial charge in [-0.15, -0.1) is 0 Å². The van der Waals surface area contributed by atoms with Gasteiger partial charge in [-0.1, -0.05) is 128 Å². The van der Waals surface area contributed by atoms with E-state index in [1.807, 2.05) is 21.1 Å². The molecule has 0 bridgehead atoms. The van der Waals surface area contributed by atoms with Gasteiger partial charge in [0.05, 0.1) is 60.9 Å². The molecular formula is C58H91N3O20P+. The zero-order valence-electron chi connectivity index (χ0n) is 49.1. The summed E-state index contributed by atoms with van der Waals surface area (Å²) >= 11 is 0. The van der Waals surface area contributed by atoms with Crippen molar-refractivity contribution in [3.05, 3.63) is 55.6 Å². The maximum atomic E-state index is 12.9. The van der Waals surface area contributed by atoms with Crippen LogP contribution in [0.5, 0.6) is 23.0 Å². The van der Waals surface area contributed by atoms with Crippen LogP contribution in [0.4, 0.5) is 11.4 Å². The normalized spacial score (nSPS) is 14.4. The van der Waals surface area contributed by atoms with Gasteiger partial charge in [-0.05, 0) is 51.7 Å². The summed E-state index contributed by atoms with van der Waals surface area (Å²) in [7, 11) is 1.28. The highest BCUT2D eigenvalue weighted by Gasteiger charge is 2.31. The SMILES string of the molecule is CC(OC(=O)CCCCCCCCCCCCCCC(=O)OC[C@H](COP(=O)(O)OCC[N+](C)(C)C)OC(=O)CCCCCCCCCCCCCCC(=O)OC(C)c1cc2c(cc1[N+](=O)[O-])OCO2)c1cc2c(cc1[N+](=O)[O-])OCO2. The lowest BCUT2D eigenvalue weighted by Gasteiger charge is -2.24. The highest BCUT2D eigenvalue weighted by atomic mass is 31.2. The Morgan fingerprint density at radius 3 is 1.17 bits per heavy atom. The van der Waals surface area contributed by atoms with Crippen molar-refractivity contribution >= 4 is 43.1 Å². The van der Waals surface area contributed by atoms with E-state index in [-0.39, 0.29) is 75.0 Å². The summed E-state index contributed by atoms with van der Waals surface area (Å²) in [6.07, 6.45) is 21.2. The van der Waals surface area contributed by atoms with Gasteiger partial charge in [-0.25, -0.2) is 4.57 Å². The predicted molar refractivity (Wildman–Crippen MR) is 302 cm³/mol. The molecule has 0 fully saturated rings. The first-order valence-corrected chi connectivity index (χ1v) is 31.0. The Hall–Kier alpha value is -5.61. The van der Waals surface area contributed by atoms with Crippen molar-refractivity contribution in [3.8, 4) is 23.0 Å². The van der Waals surface area contributed by atoms with Crippen molar-refractivity contribution in [2.24, 2.45) is 0 Å². The number of benzene rings is 2. The van der Waals surface area contributed by atoms with Crippen molar-refractivity contribution in [3.63, 3.8) is 0 Å². The Bertz CT molecular complexity index is 2360. The number of fused-ring (bicyclic) bond motifs is 2. The number of carbonyl (C=O) groups excluding carboxylic acids is 4. The summed E-state index contributed by atoms with van der Waals surface area (Å²) in [5.74, 6) is -0.408. The average Bonchev–Trinajstić information content (AvgIpc) is 4.27. The summed E-state index contributed by atoms with van der Waals surface area (Å²) in [5.41, 5.74) is 0.157. The summed E-state index contributed by atoms with van der Waals surface area (Å²) in [6, 6.07) is 5.58. The van der Waals surface area contributed by atoms with Gasteiger partial charge in [0.2, 0.25) is 13.6 Å². The number of rotatable bonds is 46. The second kappa shape index (κ2) is 37.6. The first-order valence-electron chi connectivity index (χ1n) is 29.5. The highest BCUT2D eigenvalue weighted by molar-refractivity contribution is 7.47. The van der Waals surface area contributed by atoms with Gasteiger partial charge in [0.15, 0.2) is 29.1 Å². The minimum Gasteiger partial charge on any atom is -0.462 e. The third kappa shape index (κ3) is 28.1. The molecule has 24 heteroatoms. The van der Waals surface area contributed by atoms with Gasteiger partial charge in [0, 0.05) is 25.7 Å². The van der Waals surface area contributed by atoms with Crippen LogP contribution in [0, 0.1) is 20.2 Å². The molecule has 3 unspecified atom stereocenters. The maximum Gasteiger partial charge on any atom is 0.472 e. The molecule has 2 heterocycles. The lowest BCUT2D eigenvalue weighted by atomic mass is 10.0. The number of phosphoric ester groups is 1. The number of carbonyl (C=O) groups is 4. The number of esters is 4. The molecule has 462 valence electrons. The van der Waals surface area contributed by atoms with Crippen LogP contribution in [0.25, 0.3) is 0 Å². The van der Waals surface area contributed by atoms with Crippen molar-refractivity contribution in [2.45, 2.75) is 212 Å². The Balaban J connectivity index is 0.979. The van der Waals surface area contributed by atoms with Crippen LogP contribution in [-0.4, -0.2) is 110 Å². The van der Waals surface area contributed by atoms with Gasteiger partial charge in [-0.3, -0.25) is 48.5 Å². The van der Waals surface area contributed by atoms with Gasteiger partial charge >= 0.3 is 31.7 Å². The molecule has 23 nitrogen and oxygen atoms in total. The molecule has 0 amide bonds. The Morgan fingerprint density at radius 2 is 0.829 bits per heavy atom. The lowest BCUT2D eigenvalue weighted by Crippen LogP contribution is -2.37. The molecule has 0 aromatic heterocycles. The number of likely N-dealkylation sites (N-methyl/N-ethyl adjacent to an activating group) is 1. The minimum absolute atomic E-state index is 0.0184. The van der Waals surface area contributed by atoms with E-state index in [4.69, 9.17) is 46.9 Å². The number of hydrogen-bond donors (Lipinski definition) is 1. The number of hydrogen-bond acceptors (Lipinski definition) is 19. The molecular weight excluding hydrogens is 1090 g/mol. The van der Waals surface area contributed by atoms with E-state index in [9.17, 15) is 48.9 Å². The Labute approximate surface area is 483 Å². The second-order valence-corrected chi connectivity index (χ2v) is 23.7. The number of nitrogens with zero attached hydrogens (tertiary/aromatic N) is 3. The largest absolute Gasteiger partial charge is 0.472 e. The summed E-state index contributed by atoms with van der Waals surface area (Å²) in [5, 5.41) is 23.2. The zero-order valence-corrected chi connectivity index (χ0v) is 50.0. The van der Waals surface area contributed by atoms with Crippen LogP contribution in [0.1, 0.15) is 217 Å². The van der Waals surface area contributed by atoms with E-state index in [1.165, 1.54) is 24.3 Å². The fraction of sp³-hybridized carbons (Fsp3) is 0.724. The topological polar surface area (TPSA) is 284 Å². The molecule has 4 atom stereocenters. The number of quaternary nitrogens is 1. The zero-order chi connectivity index (χ0) is 59.8. The third-order valence-electron chi connectivity index (χ3n) is 14.1. The van der Waals surface area contributed by atoms with Gasteiger partial charge in [0.25, 0.3) is 11.4 Å². The van der Waals surface area contributed by atoms with Crippen LogP contribution in [0.15, 0.2) is 24.3 Å². The molecule has 1 N–H and O–H groups in total. The lowest BCUT2D eigenvalue weighted by molar-refractivity contribution is -0.870. The van der Waals surface area contributed by atoms with E-state index in [1.54, 1.807) is 13.8 Å². The molecule has 0 radical (unpaired) electrons. The van der Waals surface area contributed by atoms with Gasteiger partial charge in [-0.2, -0.15) is 0 Å². The predicted octanol–water partition coefficient (Wildman–Crippen LogP) is 13.1. The molecule has 0 saturated heterocycles. The number of ether oxygens (including phenoxy) is 8. The van der Waals surface area contributed by atoms with E-state index in [0.29, 0.717) is 59.7 Å². The van der Waals surface area contributed by atoms with Crippen molar-refractivity contribution < 1.29 is 89.9 Å². The fourth-order valence-electron chi connectivity index (χ4n) is 9.38. The maximum absolute atomic E-state index is 12.9. The fourth-order valence-corrected chi connectivity index (χ4v) is 10.1. The molecule has 2 aliphatic rings. The summed E-state index contributed by atoms with van der Waals surface area (Å²) in [6.45, 7) is 2.80. The minimum atomic E-state index is -4.47. The molecule has 0 aliphatic carbocycles. The summed E-state index contributed by atoms with van der Waals surface area (Å²) < 4.78 is 66.6. The van der Waals surface area contributed by atoms with Crippen molar-refractivity contribution in [2.75, 3.05) is 61.1 Å². The standard InChI is InChI=1S/C58H90N3O20P/c1-44(47-36-51-53(75-42-73-51)38-49(47)59(66)67)79-56(63)31-27-23-19-15-11-7-6-10-14-18-22-26-30-55(62)72-40-46(41-78-82(70,71)77-35-34-61(3,4)5)81-58(65)33-29-25-21-17-13-9-8-12-16-20-24-28-32-57(64)80-45(2)48-37-52-54(76-43-74-52)39-50(48)60(68)69/h36-39,44-46H,6-35,40-43H2,1-5H3/p+1/t44?,45?,46-/m1/s1. The van der Waals surface area contributed by atoms with Crippen LogP contribution >= 0.6 is 7.82 Å². The highest BCUT2D eigenvalue weighted by Crippen LogP contribution is 2.44. The van der Waals surface area contributed by atoms with Crippen molar-refractivity contribution in [1.82, 2.24) is 0 Å². The molecule has 82 heavy (non-hydrogen) atoms. The number of nitro groups is 2. The smallest absolute Gasteiger partial charge is 0.462 e. The first-order chi connectivity index (χ1) is 39.2. The van der Waals surface area contributed by atoms with Gasteiger partial charge in [0.1, 0.15) is 32.0 Å². The number of unbranched alkanes of at least 4 members (excludes halogenated alkanes) is 22. The Kier molecular flexibility index (Phi) is 31.6. The van der Waals surface area contributed by atoms with Crippen LogP contribution in [0.2, 0.25) is 0 Å². The molecule has 0 spiro atoms.